The SMILES string of the molecule is O=C1CCC(C(=O)N(Cc2ccccc2)CC(F)F)N1. The fourth-order valence-electron chi connectivity index (χ4n) is 2.22. The molecule has 2 amide bonds. The average molecular weight is 282 g/mol. The molecular formula is C14H16F2N2O2. The average Bonchev–Trinajstić information content (AvgIpc) is 2.84. The lowest BCUT2D eigenvalue weighted by Gasteiger charge is -2.25. The van der Waals surface area contributed by atoms with E-state index >= 15 is 0 Å². The normalized spacial score (nSPS) is 18.1. The molecule has 2 rings (SSSR count). The lowest BCUT2D eigenvalue weighted by molar-refractivity contribution is -0.136. The second kappa shape index (κ2) is 6.45. The van der Waals surface area contributed by atoms with Gasteiger partial charge in [0, 0.05) is 13.0 Å². The number of hydrogen-bond donors (Lipinski definition) is 1. The Morgan fingerprint density at radius 3 is 2.60 bits per heavy atom. The summed E-state index contributed by atoms with van der Waals surface area (Å²) >= 11 is 0. The fourth-order valence-corrected chi connectivity index (χ4v) is 2.22. The summed E-state index contributed by atoms with van der Waals surface area (Å²) in [6, 6.07) is 8.28. The van der Waals surface area contributed by atoms with E-state index < -0.39 is 24.9 Å². The van der Waals surface area contributed by atoms with Gasteiger partial charge in [0.05, 0.1) is 6.54 Å². The Kier molecular flexibility index (Phi) is 4.65. The highest BCUT2D eigenvalue weighted by atomic mass is 19.3. The van der Waals surface area contributed by atoms with Crippen molar-refractivity contribution in [2.75, 3.05) is 6.54 Å². The third-order valence-electron chi connectivity index (χ3n) is 3.18. The molecule has 0 spiro atoms. The van der Waals surface area contributed by atoms with Crippen LogP contribution in [-0.2, 0) is 16.1 Å². The van der Waals surface area contributed by atoms with Gasteiger partial charge in [-0.15, -0.1) is 0 Å². The smallest absolute Gasteiger partial charge is 0.255 e. The van der Waals surface area contributed by atoms with Gasteiger partial charge < -0.3 is 10.2 Å². The van der Waals surface area contributed by atoms with E-state index in [1.165, 1.54) is 0 Å². The number of alkyl halides is 2. The minimum absolute atomic E-state index is 0.121. The summed E-state index contributed by atoms with van der Waals surface area (Å²) in [5.74, 6) is -0.653. The molecule has 0 aromatic heterocycles. The van der Waals surface area contributed by atoms with Crippen molar-refractivity contribution in [2.24, 2.45) is 0 Å². The van der Waals surface area contributed by atoms with Gasteiger partial charge in [-0.25, -0.2) is 8.78 Å². The van der Waals surface area contributed by atoms with Crippen LogP contribution in [0.4, 0.5) is 8.78 Å². The van der Waals surface area contributed by atoms with Crippen molar-refractivity contribution in [2.45, 2.75) is 31.9 Å². The number of halogens is 2. The molecule has 1 atom stereocenters. The highest BCUT2D eigenvalue weighted by molar-refractivity contribution is 5.90. The molecule has 0 radical (unpaired) electrons. The minimum atomic E-state index is -2.60. The standard InChI is InChI=1S/C14H16F2N2O2/c15-12(16)9-18(8-10-4-2-1-3-5-10)14(20)11-6-7-13(19)17-11/h1-5,11-12H,6-9H2,(H,17,19). The van der Waals surface area contributed by atoms with Crippen LogP contribution in [-0.4, -0.2) is 35.7 Å². The summed E-state index contributed by atoms with van der Waals surface area (Å²) in [5.41, 5.74) is 0.783. The van der Waals surface area contributed by atoms with Gasteiger partial charge >= 0.3 is 0 Å². The van der Waals surface area contributed by atoms with Gasteiger partial charge in [-0.3, -0.25) is 9.59 Å². The van der Waals surface area contributed by atoms with Gasteiger partial charge in [-0.2, -0.15) is 0 Å². The van der Waals surface area contributed by atoms with Crippen LogP contribution in [0.2, 0.25) is 0 Å². The molecule has 1 N–H and O–H groups in total. The van der Waals surface area contributed by atoms with Gasteiger partial charge in [0.25, 0.3) is 6.43 Å². The number of carbonyl (C=O) groups excluding carboxylic acids is 2. The Balaban J connectivity index is 2.06. The Morgan fingerprint density at radius 1 is 1.35 bits per heavy atom. The summed E-state index contributed by atoms with van der Waals surface area (Å²) in [5, 5.41) is 2.52. The molecule has 1 heterocycles. The van der Waals surface area contributed by atoms with Crippen molar-refractivity contribution in [1.82, 2.24) is 10.2 Å². The molecule has 108 valence electrons. The van der Waals surface area contributed by atoms with Crippen LogP contribution in [0.25, 0.3) is 0 Å². The second-order valence-electron chi connectivity index (χ2n) is 4.75. The molecule has 1 aliphatic heterocycles. The maximum absolute atomic E-state index is 12.6. The molecule has 6 heteroatoms. The maximum Gasteiger partial charge on any atom is 0.255 e. The van der Waals surface area contributed by atoms with E-state index in [1.807, 2.05) is 6.07 Å². The molecule has 4 nitrogen and oxygen atoms in total. The molecule has 1 saturated heterocycles. The monoisotopic (exact) mass is 282 g/mol. The number of carbonyl (C=O) groups is 2. The zero-order chi connectivity index (χ0) is 14.5. The molecular weight excluding hydrogens is 266 g/mol. The third-order valence-corrected chi connectivity index (χ3v) is 3.18. The van der Waals surface area contributed by atoms with E-state index in [-0.39, 0.29) is 18.9 Å². The fraction of sp³-hybridized carbons (Fsp3) is 0.429. The van der Waals surface area contributed by atoms with Crippen molar-refractivity contribution in [3.8, 4) is 0 Å². The van der Waals surface area contributed by atoms with Gasteiger partial charge in [0.2, 0.25) is 11.8 Å². The topological polar surface area (TPSA) is 49.4 Å². The van der Waals surface area contributed by atoms with Crippen molar-refractivity contribution < 1.29 is 18.4 Å². The lowest BCUT2D eigenvalue weighted by Crippen LogP contribution is -2.45. The molecule has 1 fully saturated rings. The number of amides is 2. The number of benzene rings is 1. The quantitative estimate of drug-likeness (QED) is 0.891. The number of hydrogen-bond acceptors (Lipinski definition) is 2. The first-order valence-electron chi connectivity index (χ1n) is 6.46. The molecule has 0 bridgehead atoms. The first kappa shape index (κ1) is 14.4. The second-order valence-corrected chi connectivity index (χ2v) is 4.75. The van der Waals surface area contributed by atoms with Gasteiger partial charge in [-0.1, -0.05) is 30.3 Å². The first-order valence-corrected chi connectivity index (χ1v) is 6.46. The number of nitrogens with zero attached hydrogens (tertiary/aromatic N) is 1. The zero-order valence-electron chi connectivity index (χ0n) is 10.9. The summed E-state index contributed by atoms with van der Waals surface area (Å²) in [7, 11) is 0. The van der Waals surface area contributed by atoms with Crippen LogP contribution in [0, 0.1) is 0 Å². The van der Waals surface area contributed by atoms with Crippen LogP contribution in [0.1, 0.15) is 18.4 Å². The molecule has 1 unspecified atom stereocenters. The van der Waals surface area contributed by atoms with Crippen LogP contribution in [0.5, 0.6) is 0 Å². The summed E-state index contributed by atoms with van der Waals surface area (Å²) in [6.45, 7) is -0.503. The highest BCUT2D eigenvalue weighted by Gasteiger charge is 2.31. The predicted octanol–water partition coefficient (Wildman–Crippen LogP) is 1.56. The van der Waals surface area contributed by atoms with E-state index in [0.717, 1.165) is 10.5 Å². The van der Waals surface area contributed by atoms with E-state index in [1.54, 1.807) is 24.3 Å². The van der Waals surface area contributed by atoms with Crippen molar-refractivity contribution in [1.29, 1.82) is 0 Å². The van der Waals surface area contributed by atoms with E-state index in [2.05, 4.69) is 5.32 Å². The molecule has 1 aliphatic rings. The molecule has 20 heavy (non-hydrogen) atoms. The molecule has 1 aromatic rings. The van der Waals surface area contributed by atoms with E-state index in [4.69, 9.17) is 0 Å². The predicted molar refractivity (Wildman–Crippen MR) is 69.0 cm³/mol. The summed E-state index contributed by atoms with van der Waals surface area (Å²) in [6.07, 6.45) is -1.96. The van der Waals surface area contributed by atoms with Crippen LogP contribution >= 0.6 is 0 Å². The van der Waals surface area contributed by atoms with Gasteiger partial charge in [0.1, 0.15) is 6.04 Å². The Hall–Kier alpha value is -1.98. The van der Waals surface area contributed by atoms with E-state index in [9.17, 15) is 18.4 Å². The molecule has 0 aliphatic carbocycles. The Morgan fingerprint density at radius 2 is 2.05 bits per heavy atom. The maximum atomic E-state index is 12.6. The number of rotatable bonds is 5. The lowest BCUT2D eigenvalue weighted by atomic mass is 10.1. The Labute approximate surface area is 115 Å². The minimum Gasteiger partial charge on any atom is -0.344 e. The summed E-state index contributed by atoms with van der Waals surface area (Å²) in [4.78, 5) is 24.4. The van der Waals surface area contributed by atoms with Crippen LogP contribution < -0.4 is 5.32 Å². The summed E-state index contributed by atoms with van der Waals surface area (Å²) < 4.78 is 25.3. The largest absolute Gasteiger partial charge is 0.344 e. The highest BCUT2D eigenvalue weighted by Crippen LogP contribution is 2.14. The number of nitrogens with one attached hydrogen (secondary N) is 1. The van der Waals surface area contributed by atoms with Crippen molar-refractivity contribution >= 4 is 11.8 Å². The first-order chi connectivity index (χ1) is 9.56. The van der Waals surface area contributed by atoms with Crippen molar-refractivity contribution in [3.63, 3.8) is 0 Å². The third kappa shape index (κ3) is 3.76. The van der Waals surface area contributed by atoms with Crippen molar-refractivity contribution in [3.05, 3.63) is 35.9 Å². The van der Waals surface area contributed by atoms with Crippen LogP contribution in [0.15, 0.2) is 30.3 Å². The van der Waals surface area contributed by atoms with E-state index in [0.29, 0.717) is 6.42 Å². The van der Waals surface area contributed by atoms with Gasteiger partial charge in [0.15, 0.2) is 0 Å². The molecule has 1 aromatic carbocycles. The molecule has 0 saturated carbocycles. The van der Waals surface area contributed by atoms with Crippen LogP contribution in [0.3, 0.4) is 0 Å². The Bertz CT molecular complexity index is 479. The van der Waals surface area contributed by atoms with Gasteiger partial charge in [-0.05, 0) is 12.0 Å². The zero-order valence-corrected chi connectivity index (χ0v) is 10.9.